The van der Waals surface area contributed by atoms with Gasteiger partial charge in [0.15, 0.2) is 5.82 Å². The second-order valence-electron chi connectivity index (χ2n) is 7.13. The Labute approximate surface area is 140 Å². The fourth-order valence-corrected chi connectivity index (χ4v) is 1.96. The lowest BCUT2D eigenvalue weighted by Gasteiger charge is -2.21. The molecule has 2 aliphatic rings. The number of rotatable bonds is 6. The highest BCUT2D eigenvalue weighted by Crippen LogP contribution is 2.31. The van der Waals surface area contributed by atoms with Crippen LogP contribution in [-0.4, -0.2) is 33.7 Å². The second-order valence-corrected chi connectivity index (χ2v) is 7.13. The smallest absolute Gasteiger partial charge is 0.331 e. The molecule has 24 heavy (non-hydrogen) atoms. The van der Waals surface area contributed by atoms with Crippen molar-refractivity contribution in [2.24, 2.45) is 0 Å². The Balaban J connectivity index is 1.85. The molecule has 1 heterocycles. The van der Waals surface area contributed by atoms with Gasteiger partial charge in [-0.05, 0) is 46.5 Å². The van der Waals surface area contributed by atoms with Crippen LogP contribution in [0.2, 0.25) is 0 Å². The van der Waals surface area contributed by atoms with E-state index in [4.69, 9.17) is 14.2 Å². The van der Waals surface area contributed by atoms with Crippen molar-refractivity contribution in [1.29, 1.82) is 5.26 Å². The van der Waals surface area contributed by atoms with Crippen LogP contribution in [0.15, 0.2) is 6.07 Å². The zero-order valence-corrected chi connectivity index (χ0v) is 14.1. The molecule has 2 saturated carbocycles. The number of carbonyl (C=O) groups is 1. The number of esters is 1. The van der Waals surface area contributed by atoms with Crippen LogP contribution in [0, 0.1) is 11.3 Å². The first-order valence-electron chi connectivity index (χ1n) is 8.19. The maximum absolute atomic E-state index is 12.3. The van der Waals surface area contributed by atoms with Crippen molar-refractivity contribution in [3.8, 4) is 17.8 Å². The van der Waals surface area contributed by atoms with Crippen molar-refractivity contribution < 1.29 is 19.0 Å². The fourth-order valence-electron chi connectivity index (χ4n) is 1.96. The minimum atomic E-state index is -1.21. The molecule has 0 aromatic carbocycles. The first-order chi connectivity index (χ1) is 11.3. The van der Waals surface area contributed by atoms with Gasteiger partial charge in [-0.1, -0.05) is 0 Å². The molecule has 0 radical (unpaired) electrons. The molecule has 1 atom stereocenters. The van der Waals surface area contributed by atoms with Gasteiger partial charge in [0.05, 0.1) is 12.1 Å². The Morgan fingerprint density at radius 2 is 1.67 bits per heavy atom. The Morgan fingerprint density at radius 3 is 2.04 bits per heavy atom. The molecule has 3 rings (SSSR count). The number of ether oxygens (including phenoxy) is 3. The Hall–Kier alpha value is -2.36. The molecule has 0 amide bonds. The van der Waals surface area contributed by atoms with Crippen LogP contribution >= 0.6 is 0 Å². The van der Waals surface area contributed by atoms with E-state index in [1.807, 2.05) is 6.07 Å². The normalized spacial score (nSPS) is 18.4. The zero-order chi connectivity index (χ0) is 17.3. The molecule has 1 aromatic heterocycles. The predicted octanol–water partition coefficient (Wildman–Crippen LogP) is 2.51. The molecule has 7 heteroatoms. The lowest BCUT2D eigenvalue weighted by Crippen LogP contribution is -2.28. The summed E-state index contributed by atoms with van der Waals surface area (Å²) in [6.45, 7) is 5.23. The van der Waals surface area contributed by atoms with Crippen LogP contribution in [0.3, 0.4) is 0 Å². The summed E-state index contributed by atoms with van der Waals surface area (Å²) in [7, 11) is 0. The predicted molar refractivity (Wildman–Crippen MR) is 83.5 cm³/mol. The number of hydrogen-bond donors (Lipinski definition) is 0. The third kappa shape index (κ3) is 4.57. The van der Waals surface area contributed by atoms with Gasteiger partial charge in [0, 0.05) is 0 Å². The maximum atomic E-state index is 12.3. The van der Waals surface area contributed by atoms with Gasteiger partial charge in [-0.15, -0.1) is 0 Å². The van der Waals surface area contributed by atoms with Crippen LogP contribution in [0.4, 0.5) is 0 Å². The molecule has 0 bridgehead atoms. The number of hydrogen-bond acceptors (Lipinski definition) is 7. The van der Waals surface area contributed by atoms with Crippen LogP contribution < -0.4 is 9.47 Å². The fraction of sp³-hybridized carbons (Fsp3) is 0.647. The quantitative estimate of drug-likeness (QED) is 0.739. The highest BCUT2D eigenvalue weighted by molar-refractivity contribution is 5.80. The van der Waals surface area contributed by atoms with E-state index in [2.05, 4.69) is 9.97 Å². The summed E-state index contributed by atoms with van der Waals surface area (Å²) < 4.78 is 16.7. The van der Waals surface area contributed by atoms with Crippen LogP contribution in [0.25, 0.3) is 0 Å². The summed E-state index contributed by atoms with van der Waals surface area (Å²) in [5.41, 5.74) is -0.693. The van der Waals surface area contributed by atoms with Crippen LogP contribution in [0.1, 0.15) is 58.2 Å². The van der Waals surface area contributed by atoms with Crippen molar-refractivity contribution in [2.45, 2.75) is 70.2 Å². The average molecular weight is 331 g/mol. The Morgan fingerprint density at radius 1 is 1.17 bits per heavy atom. The number of nitrogens with zero attached hydrogens (tertiary/aromatic N) is 3. The van der Waals surface area contributed by atoms with Gasteiger partial charge in [0.25, 0.3) is 0 Å². The van der Waals surface area contributed by atoms with Gasteiger partial charge >= 0.3 is 5.97 Å². The van der Waals surface area contributed by atoms with E-state index in [1.165, 1.54) is 0 Å². The van der Waals surface area contributed by atoms with Crippen molar-refractivity contribution in [2.75, 3.05) is 0 Å². The third-order valence-electron chi connectivity index (χ3n) is 3.35. The van der Waals surface area contributed by atoms with E-state index in [1.54, 1.807) is 26.8 Å². The molecule has 0 spiro atoms. The second kappa shape index (κ2) is 6.27. The van der Waals surface area contributed by atoms with Gasteiger partial charge in [0.1, 0.15) is 17.8 Å². The van der Waals surface area contributed by atoms with E-state index >= 15 is 0 Å². The topological polar surface area (TPSA) is 94.3 Å². The van der Waals surface area contributed by atoms with Crippen LogP contribution in [-0.2, 0) is 9.53 Å². The van der Waals surface area contributed by atoms with Gasteiger partial charge < -0.3 is 14.2 Å². The lowest BCUT2D eigenvalue weighted by atomic mass is 10.1. The SMILES string of the molecule is CC(C)(C)OC(=O)C(C#N)c1nc(OC2CC2)cc(OC2CC2)n1. The molecule has 128 valence electrons. The summed E-state index contributed by atoms with van der Waals surface area (Å²) in [5.74, 6) is -1.16. The van der Waals surface area contributed by atoms with Crippen molar-refractivity contribution in [3.63, 3.8) is 0 Å². The van der Waals surface area contributed by atoms with E-state index in [-0.39, 0.29) is 18.0 Å². The molecule has 2 aliphatic carbocycles. The van der Waals surface area contributed by atoms with Crippen molar-refractivity contribution in [1.82, 2.24) is 9.97 Å². The lowest BCUT2D eigenvalue weighted by molar-refractivity contribution is -0.155. The third-order valence-corrected chi connectivity index (χ3v) is 3.35. The van der Waals surface area contributed by atoms with E-state index in [0.29, 0.717) is 11.8 Å². The average Bonchev–Trinajstić information content (AvgIpc) is 3.34. The molecule has 0 N–H and O–H groups in total. The van der Waals surface area contributed by atoms with E-state index < -0.39 is 17.5 Å². The monoisotopic (exact) mass is 331 g/mol. The molecular weight excluding hydrogens is 310 g/mol. The minimum absolute atomic E-state index is 0.0561. The van der Waals surface area contributed by atoms with Crippen LogP contribution in [0.5, 0.6) is 11.8 Å². The van der Waals surface area contributed by atoms with E-state index in [9.17, 15) is 10.1 Å². The number of aromatic nitrogens is 2. The summed E-state index contributed by atoms with van der Waals surface area (Å²) in [4.78, 5) is 20.7. The standard InChI is InChI=1S/C17H21N3O4/c1-17(2,3)24-16(21)12(9-18)15-19-13(22-10-4-5-10)8-14(20-15)23-11-6-7-11/h8,10-12H,4-7H2,1-3H3. The molecule has 1 aromatic rings. The Kier molecular flexibility index (Phi) is 4.31. The molecular formula is C17H21N3O4. The number of nitriles is 1. The maximum Gasteiger partial charge on any atom is 0.331 e. The number of carbonyl (C=O) groups excluding carboxylic acids is 1. The van der Waals surface area contributed by atoms with Crippen molar-refractivity contribution >= 4 is 5.97 Å². The summed E-state index contributed by atoms with van der Waals surface area (Å²) in [6, 6.07) is 3.54. The highest BCUT2D eigenvalue weighted by atomic mass is 16.6. The van der Waals surface area contributed by atoms with Gasteiger partial charge in [-0.25, -0.2) is 0 Å². The summed E-state index contributed by atoms with van der Waals surface area (Å²) >= 11 is 0. The van der Waals surface area contributed by atoms with Crippen molar-refractivity contribution in [3.05, 3.63) is 11.9 Å². The molecule has 0 saturated heterocycles. The van der Waals surface area contributed by atoms with Gasteiger partial charge in [-0.3, -0.25) is 4.79 Å². The van der Waals surface area contributed by atoms with Gasteiger partial charge in [-0.2, -0.15) is 15.2 Å². The molecule has 2 fully saturated rings. The first-order valence-corrected chi connectivity index (χ1v) is 8.19. The van der Waals surface area contributed by atoms with E-state index in [0.717, 1.165) is 25.7 Å². The zero-order valence-electron chi connectivity index (χ0n) is 14.1. The first kappa shape index (κ1) is 16.5. The molecule has 7 nitrogen and oxygen atoms in total. The largest absolute Gasteiger partial charge is 0.474 e. The summed E-state index contributed by atoms with van der Waals surface area (Å²) in [5, 5.41) is 9.40. The minimum Gasteiger partial charge on any atom is -0.474 e. The van der Waals surface area contributed by atoms with Gasteiger partial charge in [0.2, 0.25) is 17.7 Å². The molecule has 1 unspecified atom stereocenters. The Bertz CT molecular complexity index is 637. The highest BCUT2D eigenvalue weighted by Gasteiger charge is 2.32. The summed E-state index contributed by atoms with van der Waals surface area (Å²) in [6.07, 6.45) is 4.20. The molecule has 0 aliphatic heterocycles.